The maximum absolute atomic E-state index is 12.3. The zero-order chi connectivity index (χ0) is 24.1. The SMILES string of the molecule is Cc1ccnc(-c2ccc(C)c(N=C(NC(=O)OC(C)(C)C)NC(=O)OC(C)(C)C)c2)c1. The Balaban J connectivity index is 2.40. The third kappa shape index (κ3) is 8.37. The maximum atomic E-state index is 12.3. The fraction of sp³-hybridized carbons (Fsp3) is 0.417. The number of aryl methyl sites for hydroxylation is 2. The molecule has 0 bridgehead atoms. The Hall–Kier alpha value is -3.42. The van der Waals surface area contributed by atoms with Gasteiger partial charge >= 0.3 is 12.2 Å². The summed E-state index contributed by atoms with van der Waals surface area (Å²) >= 11 is 0. The van der Waals surface area contributed by atoms with Crippen LogP contribution in [0.4, 0.5) is 15.3 Å². The van der Waals surface area contributed by atoms with Crippen LogP contribution in [0.2, 0.25) is 0 Å². The number of carbonyl (C=O) groups is 2. The van der Waals surface area contributed by atoms with Gasteiger partial charge in [-0.05, 0) is 84.7 Å². The zero-order valence-corrected chi connectivity index (χ0v) is 20.0. The maximum Gasteiger partial charge on any atom is 0.414 e. The highest BCUT2D eigenvalue weighted by molar-refractivity contribution is 6.02. The topological polar surface area (TPSA) is 102 Å². The first-order valence-corrected chi connectivity index (χ1v) is 10.3. The molecule has 0 radical (unpaired) electrons. The third-order valence-electron chi connectivity index (χ3n) is 3.89. The van der Waals surface area contributed by atoms with Crippen LogP contribution in [0.3, 0.4) is 0 Å². The molecule has 0 saturated carbocycles. The molecule has 2 amide bonds. The highest BCUT2D eigenvalue weighted by Crippen LogP contribution is 2.26. The normalized spacial score (nSPS) is 11.4. The number of pyridine rings is 1. The van der Waals surface area contributed by atoms with Crippen molar-refractivity contribution in [2.24, 2.45) is 4.99 Å². The van der Waals surface area contributed by atoms with Gasteiger partial charge in [-0.2, -0.15) is 0 Å². The van der Waals surface area contributed by atoms with Crippen molar-refractivity contribution in [1.29, 1.82) is 0 Å². The monoisotopic (exact) mass is 440 g/mol. The van der Waals surface area contributed by atoms with Crippen LogP contribution in [0.25, 0.3) is 11.3 Å². The summed E-state index contributed by atoms with van der Waals surface area (Å²) in [7, 11) is 0. The first-order chi connectivity index (χ1) is 14.7. The van der Waals surface area contributed by atoms with Crippen molar-refractivity contribution in [2.45, 2.75) is 66.6 Å². The van der Waals surface area contributed by atoms with Gasteiger partial charge in [0.25, 0.3) is 0 Å². The summed E-state index contributed by atoms with van der Waals surface area (Å²) in [6.07, 6.45) is 0.246. The minimum absolute atomic E-state index is 0.106. The number of carbonyl (C=O) groups excluding carboxylic acids is 2. The number of benzene rings is 1. The molecular formula is C24H32N4O4. The van der Waals surface area contributed by atoms with E-state index < -0.39 is 23.4 Å². The third-order valence-corrected chi connectivity index (χ3v) is 3.89. The average Bonchev–Trinajstić information content (AvgIpc) is 2.60. The summed E-state index contributed by atoms with van der Waals surface area (Å²) in [5.41, 5.74) is 2.69. The Morgan fingerprint density at radius 3 is 1.94 bits per heavy atom. The van der Waals surface area contributed by atoms with Gasteiger partial charge in [-0.3, -0.25) is 15.6 Å². The van der Waals surface area contributed by atoms with Crippen molar-refractivity contribution in [1.82, 2.24) is 15.6 Å². The summed E-state index contributed by atoms with van der Waals surface area (Å²) in [6.45, 7) is 14.3. The number of nitrogens with zero attached hydrogens (tertiary/aromatic N) is 2. The summed E-state index contributed by atoms with van der Waals surface area (Å²) < 4.78 is 10.6. The second-order valence-corrected chi connectivity index (χ2v) is 9.43. The van der Waals surface area contributed by atoms with E-state index in [9.17, 15) is 9.59 Å². The van der Waals surface area contributed by atoms with Crippen LogP contribution in [-0.4, -0.2) is 34.3 Å². The smallest absolute Gasteiger partial charge is 0.414 e. The molecule has 0 atom stereocenters. The molecule has 0 spiro atoms. The molecular weight excluding hydrogens is 408 g/mol. The van der Waals surface area contributed by atoms with E-state index in [0.29, 0.717) is 5.69 Å². The highest BCUT2D eigenvalue weighted by atomic mass is 16.6. The van der Waals surface area contributed by atoms with Crippen molar-refractivity contribution in [3.8, 4) is 11.3 Å². The van der Waals surface area contributed by atoms with Gasteiger partial charge < -0.3 is 9.47 Å². The Morgan fingerprint density at radius 1 is 0.875 bits per heavy atom. The van der Waals surface area contributed by atoms with Gasteiger partial charge in [0, 0.05) is 11.8 Å². The number of ether oxygens (including phenoxy) is 2. The number of hydrogen-bond donors (Lipinski definition) is 2. The number of rotatable bonds is 2. The molecule has 0 aliphatic carbocycles. The molecule has 0 aliphatic rings. The van der Waals surface area contributed by atoms with Crippen molar-refractivity contribution >= 4 is 23.8 Å². The molecule has 2 rings (SSSR count). The van der Waals surface area contributed by atoms with Crippen LogP contribution in [0.1, 0.15) is 52.7 Å². The molecule has 1 heterocycles. The minimum Gasteiger partial charge on any atom is -0.444 e. The van der Waals surface area contributed by atoms with Crippen LogP contribution in [0.5, 0.6) is 0 Å². The fourth-order valence-electron chi connectivity index (χ4n) is 2.59. The lowest BCUT2D eigenvalue weighted by Gasteiger charge is -2.22. The molecule has 1 aromatic carbocycles. The van der Waals surface area contributed by atoms with Crippen LogP contribution in [-0.2, 0) is 9.47 Å². The highest BCUT2D eigenvalue weighted by Gasteiger charge is 2.21. The summed E-state index contributed by atoms with van der Waals surface area (Å²) in [6, 6.07) is 9.57. The predicted octanol–water partition coefficient (Wildman–Crippen LogP) is 5.40. The van der Waals surface area contributed by atoms with Gasteiger partial charge in [-0.25, -0.2) is 14.6 Å². The first-order valence-electron chi connectivity index (χ1n) is 10.3. The van der Waals surface area contributed by atoms with Gasteiger partial charge in [-0.1, -0.05) is 12.1 Å². The van der Waals surface area contributed by atoms with Gasteiger partial charge in [0.15, 0.2) is 0 Å². The average molecular weight is 441 g/mol. The van der Waals surface area contributed by atoms with Crippen LogP contribution in [0.15, 0.2) is 41.5 Å². The molecule has 32 heavy (non-hydrogen) atoms. The number of hydrogen-bond acceptors (Lipinski definition) is 6. The van der Waals surface area contributed by atoms with Crippen molar-refractivity contribution in [3.63, 3.8) is 0 Å². The first kappa shape index (κ1) is 24.8. The van der Waals surface area contributed by atoms with E-state index in [1.165, 1.54) is 0 Å². The second-order valence-electron chi connectivity index (χ2n) is 9.43. The van der Waals surface area contributed by atoms with Gasteiger partial charge in [0.1, 0.15) is 11.2 Å². The quantitative estimate of drug-likeness (QED) is 0.481. The number of aromatic nitrogens is 1. The van der Waals surface area contributed by atoms with E-state index in [0.717, 1.165) is 22.4 Å². The molecule has 172 valence electrons. The van der Waals surface area contributed by atoms with Crippen molar-refractivity contribution in [3.05, 3.63) is 47.7 Å². The van der Waals surface area contributed by atoms with Crippen LogP contribution < -0.4 is 10.6 Å². The van der Waals surface area contributed by atoms with Crippen LogP contribution >= 0.6 is 0 Å². The summed E-state index contributed by atoms with van der Waals surface area (Å²) in [5.74, 6) is -0.106. The molecule has 8 nitrogen and oxygen atoms in total. The van der Waals surface area contributed by atoms with Crippen LogP contribution in [0, 0.1) is 13.8 Å². The largest absolute Gasteiger partial charge is 0.444 e. The zero-order valence-electron chi connectivity index (χ0n) is 20.0. The lowest BCUT2D eigenvalue weighted by atomic mass is 10.1. The molecule has 0 unspecified atom stereocenters. The Morgan fingerprint density at radius 2 is 1.44 bits per heavy atom. The van der Waals surface area contributed by atoms with E-state index in [1.54, 1.807) is 47.7 Å². The Labute approximate surface area is 189 Å². The number of guanidine groups is 1. The molecule has 2 N–H and O–H groups in total. The molecule has 1 aromatic heterocycles. The number of amides is 2. The second kappa shape index (κ2) is 9.80. The van der Waals surface area contributed by atoms with Gasteiger partial charge in [-0.15, -0.1) is 0 Å². The lowest BCUT2D eigenvalue weighted by Crippen LogP contribution is -2.47. The van der Waals surface area contributed by atoms with E-state index in [1.807, 2.05) is 44.2 Å². The van der Waals surface area contributed by atoms with E-state index >= 15 is 0 Å². The van der Waals surface area contributed by atoms with E-state index in [4.69, 9.17) is 9.47 Å². The van der Waals surface area contributed by atoms with Gasteiger partial charge in [0.05, 0.1) is 11.4 Å². The number of alkyl carbamates (subject to hydrolysis) is 2. The van der Waals surface area contributed by atoms with Crippen molar-refractivity contribution in [2.75, 3.05) is 0 Å². The molecule has 0 aliphatic heterocycles. The summed E-state index contributed by atoms with van der Waals surface area (Å²) in [5, 5.41) is 4.99. The van der Waals surface area contributed by atoms with E-state index in [-0.39, 0.29) is 5.96 Å². The number of nitrogens with one attached hydrogen (secondary N) is 2. The molecule has 2 aromatic rings. The minimum atomic E-state index is -0.749. The van der Waals surface area contributed by atoms with E-state index in [2.05, 4.69) is 20.6 Å². The fourth-order valence-corrected chi connectivity index (χ4v) is 2.59. The lowest BCUT2D eigenvalue weighted by molar-refractivity contribution is 0.0545. The predicted molar refractivity (Wildman–Crippen MR) is 125 cm³/mol. The molecule has 8 heteroatoms. The standard InChI is InChI=1S/C24H32N4O4/c1-15-11-12-25-19(13-15)17-10-9-16(2)18(14-17)26-20(27-21(29)31-23(3,4)5)28-22(30)32-24(6,7)8/h9-14H,1-8H3,(H2,26,27,28,29,30). The summed E-state index contributed by atoms with van der Waals surface area (Å²) in [4.78, 5) is 33.5. The Bertz CT molecular complexity index is 985. The van der Waals surface area contributed by atoms with Crippen molar-refractivity contribution < 1.29 is 19.1 Å². The molecule has 0 fully saturated rings. The Kier molecular flexibility index (Phi) is 7.61. The van der Waals surface area contributed by atoms with Gasteiger partial charge in [0.2, 0.25) is 5.96 Å². The molecule has 0 saturated heterocycles. The number of aliphatic imine (C=N–C) groups is 1.